The maximum Gasteiger partial charge on any atom is 0.177 e. The molecule has 1 N–H and O–H groups in total. The van der Waals surface area contributed by atoms with Crippen LogP contribution in [0.4, 0.5) is 0 Å². The summed E-state index contributed by atoms with van der Waals surface area (Å²) in [4.78, 5) is 0. The quantitative estimate of drug-likeness (QED) is 0.498. The average Bonchev–Trinajstić information content (AvgIpc) is 2.19. The summed E-state index contributed by atoms with van der Waals surface area (Å²) in [7, 11) is 2.19. The number of unbranched alkanes of at least 4 members (excludes halogenated alkanes) is 2. The van der Waals surface area contributed by atoms with E-state index in [1.807, 2.05) is 0 Å². The van der Waals surface area contributed by atoms with Crippen LogP contribution >= 0.6 is 0 Å². The van der Waals surface area contributed by atoms with Gasteiger partial charge in [-0.25, -0.2) is 0 Å². The van der Waals surface area contributed by atoms with E-state index < -0.39 is 0 Å². The van der Waals surface area contributed by atoms with Gasteiger partial charge in [-0.05, 0) is 33.0 Å². The van der Waals surface area contributed by atoms with Gasteiger partial charge >= 0.3 is 0 Å². The van der Waals surface area contributed by atoms with Crippen LogP contribution in [-0.4, -0.2) is 45.4 Å². The Bertz CT molecular complexity index is 154. The lowest BCUT2D eigenvalue weighted by Gasteiger charge is -2.49. The van der Waals surface area contributed by atoms with Gasteiger partial charge in [-0.2, -0.15) is 0 Å². The van der Waals surface area contributed by atoms with Gasteiger partial charge in [0.15, 0.2) is 9.84 Å². The third-order valence-corrected chi connectivity index (χ3v) is 4.64. The van der Waals surface area contributed by atoms with E-state index in [1.165, 1.54) is 38.8 Å². The first-order valence-corrected chi connectivity index (χ1v) is 7.23. The largest absolute Gasteiger partial charge is 0.292 e. The van der Waals surface area contributed by atoms with Crippen LogP contribution in [0.2, 0.25) is 0 Å². The minimum absolute atomic E-state index is 0.0545. The maximum absolute atomic E-state index is 3.62. The van der Waals surface area contributed by atoms with Gasteiger partial charge in [0.05, 0.1) is 0 Å². The van der Waals surface area contributed by atoms with Gasteiger partial charge < -0.3 is 0 Å². The molecule has 0 bridgehead atoms. The van der Waals surface area contributed by atoms with E-state index >= 15 is 0 Å². The van der Waals surface area contributed by atoms with Crippen molar-refractivity contribution in [2.45, 2.75) is 45.8 Å². The zero-order valence-corrected chi connectivity index (χ0v) is 11.3. The summed E-state index contributed by atoms with van der Waals surface area (Å²) in [6.07, 6.45) is 5.83. The van der Waals surface area contributed by atoms with Crippen molar-refractivity contribution >= 4 is 9.84 Å². The van der Waals surface area contributed by atoms with E-state index in [9.17, 15) is 0 Å². The summed E-state index contributed by atoms with van der Waals surface area (Å²) in [5, 5.41) is 3.62. The molecule has 0 amide bonds. The topological polar surface area (TPSA) is 18.5 Å². The van der Waals surface area contributed by atoms with Crippen molar-refractivity contribution in [1.29, 1.82) is 0 Å². The highest BCUT2D eigenvalue weighted by molar-refractivity contribution is 6.31. The van der Waals surface area contributed by atoms with E-state index in [-0.39, 0.29) is 9.84 Å². The first-order chi connectivity index (χ1) is 6.79. The van der Waals surface area contributed by atoms with Crippen molar-refractivity contribution in [2.24, 2.45) is 0 Å². The molecule has 0 saturated carbocycles. The molecule has 1 atom stereocenters. The molecule has 3 nitrogen and oxygen atoms in total. The number of rotatable bonds is 7. The molecule has 0 aliphatic carbocycles. The minimum atomic E-state index is -0.0545. The zero-order valence-electron chi connectivity index (χ0n) is 9.92. The zero-order chi connectivity index (χ0) is 10.4. The highest BCUT2D eigenvalue weighted by Gasteiger charge is 2.32. The Morgan fingerprint density at radius 3 is 2.50 bits per heavy atom. The van der Waals surface area contributed by atoms with Gasteiger partial charge in [-0.1, -0.05) is 26.7 Å². The number of nitrogens with zero attached hydrogens (tertiary/aromatic N) is 2. The Hall–Kier alpha value is 0.0969. The normalized spacial score (nSPS) is 25.5. The van der Waals surface area contributed by atoms with Crippen molar-refractivity contribution in [3.63, 3.8) is 0 Å². The van der Waals surface area contributed by atoms with Gasteiger partial charge in [-0.3, -0.25) is 14.4 Å². The SMILES string of the molecule is CCCCNC1N(C)[SiH2]N1CCCC. The van der Waals surface area contributed by atoms with Gasteiger partial charge in [0, 0.05) is 0 Å². The van der Waals surface area contributed by atoms with Crippen LogP contribution in [0.5, 0.6) is 0 Å². The lowest BCUT2D eigenvalue weighted by molar-refractivity contribution is 0.0833. The van der Waals surface area contributed by atoms with Gasteiger partial charge in [-0.15, -0.1) is 0 Å². The smallest absolute Gasteiger partial charge is 0.177 e. The molecule has 1 unspecified atom stereocenters. The first-order valence-electron chi connectivity index (χ1n) is 5.97. The van der Waals surface area contributed by atoms with E-state index in [0.29, 0.717) is 6.29 Å². The molecule has 1 saturated heterocycles. The molecule has 1 aliphatic heterocycles. The lowest BCUT2D eigenvalue weighted by Crippen LogP contribution is -2.70. The molecule has 1 heterocycles. The van der Waals surface area contributed by atoms with Crippen LogP contribution in [-0.2, 0) is 0 Å². The van der Waals surface area contributed by atoms with Crippen molar-refractivity contribution in [1.82, 2.24) is 14.4 Å². The Morgan fingerprint density at radius 2 is 1.93 bits per heavy atom. The molecular weight excluding hydrogens is 190 g/mol. The van der Waals surface area contributed by atoms with Crippen LogP contribution in [0.25, 0.3) is 0 Å². The highest BCUT2D eigenvalue weighted by atomic mass is 28.2. The monoisotopic (exact) mass is 215 g/mol. The number of hydrogen-bond donors (Lipinski definition) is 1. The van der Waals surface area contributed by atoms with Crippen molar-refractivity contribution in [3.05, 3.63) is 0 Å². The molecule has 1 rings (SSSR count). The summed E-state index contributed by atoms with van der Waals surface area (Å²) >= 11 is 0. The number of nitrogens with one attached hydrogen (secondary N) is 1. The fraction of sp³-hybridized carbons (Fsp3) is 1.00. The van der Waals surface area contributed by atoms with Gasteiger partial charge in [0.25, 0.3) is 0 Å². The van der Waals surface area contributed by atoms with Gasteiger partial charge in [0.2, 0.25) is 0 Å². The highest BCUT2D eigenvalue weighted by Crippen LogP contribution is 2.12. The summed E-state index contributed by atoms with van der Waals surface area (Å²) in [5.41, 5.74) is 0. The standard InChI is InChI=1S/C10H25N3Si/c1-4-6-8-11-10-12(3)14-13(10)9-7-5-2/h10-11H,4-9,14H2,1-3H3. The molecule has 1 fully saturated rings. The molecule has 1 aliphatic rings. The minimum Gasteiger partial charge on any atom is -0.292 e. The molecule has 0 aromatic heterocycles. The van der Waals surface area contributed by atoms with E-state index in [0.717, 1.165) is 0 Å². The second-order valence-electron chi connectivity index (χ2n) is 4.25. The molecule has 84 valence electrons. The molecular formula is C10H25N3Si. The van der Waals surface area contributed by atoms with E-state index in [2.05, 4.69) is 35.3 Å². The fourth-order valence-electron chi connectivity index (χ4n) is 1.87. The predicted molar refractivity (Wildman–Crippen MR) is 64.6 cm³/mol. The van der Waals surface area contributed by atoms with Crippen LogP contribution in [0.3, 0.4) is 0 Å². The number of hydrogen-bond acceptors (Lipinski definition) is 3. The van der Waals surface area contributed by atoms with Crippen LogP contribution in [0.1, 0.15) is 39.5 Å². The summed E-state index contributed by atoms with van der Waals surface area (Å²) < 4.78 is 5.16. The summed E-state index contributed by atoms with van der Waals surface area (Å²) in [5.74, 6) is 0. The molecule has 0 radical (unpaired) electrons. The molecule has 0 aromatic rings. The average molecular weight is 215 g/mol. The van der Waals surface area contributed by atoms with E-state index in [4.69, 9.17) is 0 Å². The second kappa shape index (κ2) is 6.56. The lowest BCUT2D eigenvalue weighted by atomic mass is 10.3. The van der Waals surface area contributed by atoms with Crippen LogP contribution in [0.15, 0.2) is 0 Å². The molecule has 0 spiro atoms. The van der Waals surface area contributed by atoms with Crippen LogP contribution in [0, 0.1) is 0 Å². The third kappa shape index (κ3) is 3.35. The predicted octanol–water partition coefficient (Wildman–Crippen LogP) is 0.706. The fourth-order valence-corrected chi connectivity index (χ4v) is 3.58. The summed E-state index contributed by atoms with van der Waals surface area (Å²) in [6.45, 7) is 6.99. The second-order valence-corrected chi connectivity index (χ2v) is 6.34. The first kappa shape index (κ1) is 12.2. The molecule has 4 heteroatoms. The maximum atomic E-state index is 3.62. The third-order valence-electron chi connectivity index (χ3n) is 2.82. The van der Waals surface area contributed by atoms with Crippen molar-refractivity contribution in [3.8, 4) is 0 Å². The van der Waals surface area contributed by atoms with Gasteiger partial charge in [0.1, 0.15) is 6.29 Å². The Labute approximate surface area is 90.8 Å². The van der Waals surface area contributed by atoms with Crippen LogP contribution < -0.4 is 5.32 Å². The Kier molecular flexibility index (Phi) is 5.70. The van der Waals surface area contributed by atoms with Crippen molar-refractivity contribution in [2.75, 3.05) is 20.1 Å². The molecule has 0 aromatic carbocycles. The summed E-state index contributed by atoms with van der Waals surface area (Å²) in [6, 6.07) is 0. The van der Waals surface area contributed by atoms with Crippen molar-refractivity contribution < 1.29 is 0 Å². The van der Waals surface area contributed by atoms with E-state index in [1.54, 1.807) is 0 Å². The Morgan fingerprint density at radius 1 is 1.21 bits per heavy atom. The Balaban J connectivity index is 2.13. The molecule has 14 heavy (non-hydrogen) atoms.